The second kappa shape index (κ2) is 7.33. The van der Waals surface area contributed by atoms with Crippen LogP contribution >= 0.6 is 11.3 Å². The molecule has 0 radical (unpaired) electrons. The number of nitrogens with zero attached hydrogens (tertiary/aromatic N) is 1. The van der Waals surface area contributed by atoms with E-state index in [1.165, 1.54) is 0 Å². The molecule has 21 heavy (non-hydrogen) atoms. The number of pyridine rings is 1. The third kappa shape index (κ3) is 3.89. The highest BCUT2D eigenvalue weighted by Gasteiger charge is 2.15. The van der Waals surface area contributed by atoms with E-state index in [2.05, 4.69) is 10.3 Å². The van der Waals surface area contributed by atoms with Gasteiger partial charge in [-0.2, -0.15) is 11.3 Å². The molecule has 112 valence electrons. The van der Waals surface area contributed by atoms with Crippen LogP contribution in [0.25, 0.3) is 11.3 Å². The van der Waals surface area contributed by atoms with Crippen LogP contribution in [-0.4, -0.2) is 28.6 Å². The predicted molar refractivity (Wildman–Crippen MR) is 85.5 cm³/mol. The number of amides is 1. The second-order valence-electron chi connectivity index (χ2n) is 4.93. The molecule has 0 fully saturated rings. The Bertz CT molecular complexity index is 596. The third-order valence-corrected chi connectivity index (χ3v) is 4.14. The van der Waals surface area contributed by atoms with Gasteiger partial charge in [0.25, 0.3) is 5.91 Å². The van der Waals surface area contributed by atoms with Gasteiger partial charge in [-0.25, -0.2) is 0 Å². The Labute approximate surface area is 128 Å². The average Bonchev–Trinajstić information content (AvgIpc) is 3.00. The van der Waals surface area contributed by atoms with Crippen molar-refractivity contribution in [2.45, 2.75) is 32.7 Å². The Morgan fingerprint density at radius 3 is 2.81 bits per heavy atom. The van der Waals surface area contributed by atoms with Gasteiger partial charge >= 0.3 is 0 Å². The molecule has 2 rings (SSSR count). The number of hydrogen-bond donors (Lipinski definition) is 2. The maximum atomic E-state index is 12.3. The molecule has 4 nitrogen and oxygen atoms in total. The summed E-state index contributed by atoms with van der Waals surface area (Å²) in [6, 6.07) is 5.70. The lowest BCUT2D eigenvalue weighted by Gasteiger charge is -2.16. The molecule has 0 aromatic carbocycles. The van der Waals surface area contributed by atoms with Gasteiger partial charge in [-0.1, -0.05) is 6.92 Å². The fraction of sp³-hybridized carbons (Fsp3) is 0.375. The minimum atomic E-state index is -0.128. The van der Waals surface area contributed by atoms with Gasteiger partial charge in [-0.15, -0.1) is 0 Å². The van der Waals surface area contributed by atoms with Gasteiger partial charge in [-0.05, 0) is 43.3 Å². The maximum Gasteiger partial charge on any atom is 0.253 e. The van der Waals surface area contributed by atoms with Crippen LogP contribution in [-0.2, 0) is 0 Å². The first-order valence-corrected chi connectivity index (χ1v) is 8.02. The summed E-state index contributed by atoms with van der Waals surface area (Å²) in [5.74, 6) is -0.128. The van der Waals surface area contributed by atoms with Crippen LogP contribution in [0.3, 0.4) is 0 Å². The monoisotopic (exact) mass is 304 g/mol. The lowest BCUT2D eigenvalue weighted by molar-refractivity contribution is 0.0928. The van der Waals surface area contributed by atoms with Crippen molar-refractivity contribution in [2.75, 3.05) is 6.61 Å². The molecule has 0 bridgehead atoms. The number of carbonyl (C=O) groups is 1. The first-order valence-electron chi connectivity index (χ1n) is 7.07. The van der Waals surface area contributed by atoms with Crippen molar-refractivity contribution in [3.8, 4) is 11.3 Å². The van der Waals surface area contributed by atoms with Crippen molar-refractivity contribution in [1.29, 1.82) is 0 Å². The van der Waals surface area contributed by atoms with Crippen molar-refractivity contribution in [1.82, 2.24) is 10.3 Å². The van der Waals surface area contributed by atoms with Gasteiger partial charge < -0.3 is 10.4 Å². The van der Waals surface area contributed by atoms with Crippen molar-refractivity contribution >= 4 is 17.2 Å². The first-order chi connectivity index (χ1) is 10.2. The molecule has 0 spiro atoms. The number of aryl methyl sites for hydroxylation is 1. The summed E-state index contributed by atoms with van der Waals surface area (Å²) >= 11 is 1.62. The molecule has 1 unspecified atom stereocenters. The topological polar surface area (TPSA) is 62.2 Å². The van der Waals surface area contributed by atoms with Gasteiger partial charge in [0.2, 0.25) is 0 Å². The summed E-state index contributed by atoms with van der Waals surface area (Å²) < 4.78 is 0. The van der Waals surface area contributed by atoms with E-state index in [1.807, 2.05) is 42.8 Å². The normalized spacial score (nSPS) is 12.1. The SMILES string of the molecule is CCC(CCO)NC(=O)c1ccc(-c2ccsc2)nc1C. The number of aliphatic hydroxyl groups excluding tert-OH is 1. The largest absolute Gasteiger partial charge is 0.396 e. The highest BCUT2D eigenvalue weighted by Crippen LogP contribution is 2.21. The van der Waals surface area contributed by atoms with Crippen LogP contribution < -0.4 is 5.32 Å². The van der Waals surface area contributed by atoms with E-state index in [0.717, 1.165) is 23.4 Å². The molecule has 0 aliphatic carbocycles. The molecule has 2 N–H and O–H groups in total. The maximum absolute atomic E-state index is 12.3. The molecule has 1 atom stereocenters. The Morgan fingerprint density at radius 2 is 2.24 bits per heavy atom. The molecule has 5 heteroatoms. The molecular formula is C16H20N2O2S. The highest BCUT2D eigenvalue weighted by atomic mass is 32.1. The van der Waals surface area contributed by atoms with Gasteiger partial charge in [0.05, 0.1) is 17.0 Å². The van der Waals surface area contributed by atoms with Gasteiger partial charge in [-0.3, -0.25) is 9.78 Å². The van der Waals surface area contributed by atoms with Crippen molar-refractivity contribution in [3.63, 3.8) is 0 Å². The quantitative estimate of drug-likeness (QED) is 0.862. The van der Waals surface area contributed by atoms with Crippen LogP contribution in [0.2, 0.25) is 0 Å². The molecule has 0 saturated heterocycles. The summed E-state index contributed by atoms with van der Waals surface area (Å²) in [4.78, 5) is 16.8. The summed E-state index contributed by atoms with van der Waals surface area (Å²) in [5, 5.41) is 16.0. The molecule has 2 aromatic heterocycles. The highest BCUT2D eigenvalue weighted by molar-refractivity contribution is 7.08. The van der Waals surface area contributed by atoms with Crippen molar-refractivity contribution in [2.24, 2.45) is 0 Å². The number of nitrogens with one attached hydrogen (secondary N) is 1. The van der Waals surface area contributed by atoms with Gasteiger partial charge in [0.1, 0.15) is 0 Å². The zero-order chi connectivity index (χ0) is 15.2. The van der Waals surface area contributed by atoms with Gasteiger partial charge in [0, 0.05) is 23.6 Å². The Kier molecular flexibility index (Phi) is 5.47. The lowest BCUT2D eigenvalue weighted by Crippen LogP contribution is -2.35. The Hall–Kier alpha value is -1.72. The van der Waals surface area contributed by atoms with Gasteiger partial charge in [0.15, 0.2) is 0 Å². The van der Waals surface area contributed by atoms with E-state index < -0.39 is 0 Å². The van der Waals surface area contributed by atoms with Crippen LogP contribution in [0.15, 0.2) is 29.0 Å². The van der Waals surface area contributed by atoms with Crippen LogP contribution in [0.5, 0.6) is 0 Å². The van der Waals surface area contributed by atoms with Crippen molar-refractivity contribution in [3.05, 3.63) is 40.2 Å². The second-order valence-corrected chi connectivity index (χ2v) is 5.71. The molecular weight excluding hydrogens is 284 g/mol. The number of aromatic nitrogens is 1. The minimum absolute atomic E-state index is 0.00143. The minimum Gasteiger partial charge on any atom is -0.396 e. The zero-order valence-corrected chi connectivity index (χ0v) is 13.1. The standard InChI is InChI=1S/C16H20N2O2S/c1-3-13(6-8-19)18-16(20)14-4-5-15(17-11(14)2)12-7-9-21-10-12/h4-5,7,9-10,13,19H,3,6,8H2,1-2H3,(H,18,20). The summed E-state index contributed by atoms with van der Waals surface area (Å²) in [7, 11) is 0. The first kappa shape index (κ1) is 15.7. The number of rotatable bonds is 6. The zero-order valence-electron chi connectivity index (χ0n) is 12.3. The van der Waals surface area contributed by atoms with E-state index >= 15 is 0 Å². The molecule has 2 aromatic rings. The Balaban J connectivity index is 2.15. The van der Waals surface area contributed by atoms with E-state index in [-0.39, 0.29) is 18.6 Å². The van der Waals surface area contributed by atoms with Crippen LogP contribution in [0.4, 0.5) is 0 Å². The number of thiophene rings is 1. The molecule has 0 aliphatic rings. The van der Waals surface area contributed by atoms with Crippen molar-refractivity contribution < 1.29 is 9.90 Å². The third-order valence-electron chi connectivity index (χ3n) is 3.45. The van der Waals surface area contributed by atoms with Crippen LogP contribution in [0, 0.1) is 6.92 Å². The molecule has 0 saturated carbocycles. The van der Waals surface area contributed by atoms with E-state index in [9.17, 15) is 4.79 Å². The van der Waals surface area contributed by atoms with Crippen LogP contribution in [0.1, 0.15) is 35.8 Å². The summed E-state index contributed by atoms with van der Waals surface area (Å²) in [6.07, 6.45) is 1.37. The summed E-state index contributed by atoms with van der Waals surface area (Å²) in [5.41, 5.74) is 3.26. The Morgan fingerprint density at radius 1 is 1.43 bits per heavy atom. The average molecular weight is 304 g/mol. The van der Waals surface area contributed by atoms with E-state index in [4.69, 9.17) is 5.11 Å². The van der Waals surface area contributed by atoms with E-state index in [0.29, 0.717) is 12.0 Å². The number of hydrogen-bond acceptors (Lipinski definition) is 4. The van der Waals surface area contributed by atoms with E-state index in [1.54, 1.807) is 11.3 Å². The molecule has 0 aliphatic heterocycles. The number of aliphatic hydroxyl groups is 1. The lowest BCUT2D eigenvalue weighted by atomic mass is 10.1. The molecule has 2 heterocycles. The summed E-state index contributed by atoms with van der Waals surface area (Å²) in [6.45, 7) is 3.91. The fourth-order valence-corrected chi connectivity index (χ4v) is 2.82. The number of carbonyl (C=O) groups excluding carboxylic acids is 1. The fourth-order valence-electron chi connectivity index (χ4n) is 2.17. The predicted octanol–water partition coefficient (Wildman–Crippen LogP) is 3.01. The molecule has 1 amide bonds. The smallest absolute Gasteiger partial charge is 0.253 e.